The van der Waals surface area contributed by atoms with Crippen LogP contribution in [0.15, 0.2) is 91.1 Å². The van der Waals surface area contributed by atoms with Gasteiger partial charge in [-0.1, -0.05) is 37.3 Å². The molecule has 6 rings (SSSR count). The van der Waals surface area contributed by atoms with Gasteiger partial charge in [0.2, 0.25) is 0 Å². The molecule has 1 N–H and O–H groups in total. The molecule has 1 aliphatic rings. The molecular weight excluding hydrogens is 512 g/mol. The van der Waals surface area contributed by atoms with Gasteiger partial charge in [0.15, 0.2) is 0 Å². The molecule has 202 valence electrons. The molecular formula is C31H27F2N5O2. The lowest BCUT2D eigenvalue weighted by Crippen LogP contribution is -2.38. The van der Waals surface area contributed by atoms with Crippen LogP contribution >= 0.6 is 0 Å². The summed E-state index contributed by atoms with van der Waals surface area (Å²) in [5.74, 6) is -0.0395. The summed E-state index contributed by atoms with van der Waals surface area (Å²) in [6, 6.07) is 23.3. The van der Waals surface area contributed by atoms with Gasteiger partial charge >= 0.3 is 6.03 Å². The van der Waals surface area contributed by atoms with Gasteiger partial charge in [-0.3, -0.25) is 0 Å². The van der Waals surface area contributed by atoms with Gasteiger partial charge < -0.3 is 19.5 Å². The maximum Gasteiger partial charge on any atom is 0.323 e. The number of para-hydroxylation sites is 1. The van der Waals surface area contributed by atoms with Gasteiger partial charge in [-0.25, -0.2) is 18.3 Å². The van der Waals surface area contributed by atoms with Crippen molar-refractivity contribution >= 4 is 11.7 Å². The molecule has 9 heteroatoms. The Hall–Kier alpha value is -4.92. The number of ether oxygens (including phenoxy) is 1. The fourth-order valence-electron chi connectivity index (χ4n) is 5.26. The van der Waals surface area contributed by atoms with E-state index in [1.54, 1.807) is 12.0 Å². The molecule has 1 aliphatic heterocycles. The monoisotopic (exact) mass is 539 g/mol. The number of fused-ring (bicyclic) bond motifs is 3. The number of aromatic nitrogens is 3. The zero-order valence-corrected chi connectivity index (χ0v) is 22.0. The number of rotatable bonds is 5. The normalized spacial score (nSPS) is 14.3. The second-order valence-corrected chi connectivity index (χ2v) is 9.51. The number of amides is 2. The maximum atomic E-state index is 14.6. The van der Waals surface area contributed by atoms with Crippen LogP contribution in [0, 0.1) is 11.6 Å². The molecule has 2 amide bonds. The smallest absolute Gasteiger partial charge is 0.323 e. The molecule has 3 heterocycles. The molecule has 1 atom stereocenters. The molecule has 0 saturated heterocycles. The number of benzene rings is 3. The maximum absolute atomic E-state index is 14.6. The summed E-state index contributed by atoms with van der Waals surface area (Å²) < 4.78 is 37.5. The molecule has 0 bridgehead atoms. The molecule has 0 aliphatic carbocycles. The van der Waals surface area contributed by atoms with Crippen molar-refractivity contribution in [1.82, 2.24) is 19.2 Å². The Bertz CT molecular complexity index is 1680. The zero-order chi connectivity index (χ0) is 27.8. The lowest BCUT2D eigenvalue weighted by molar-refractivity contribution is 0.194. The van der Waals surface area contributed by atoms with Gasteiger partial charge in [-0.15, -0.1) is 0 Å². The number of methoxy groups -OCH3 is 1. The summed E-state index contributed by atoms with van der Waals surface area (Å²) in [6.45, 7) is 2.23. The molecule has 2 aromatic heterocycles. The van der Waals surface area contributed by atoms with Gasteiger partial charge in [0.1, 0.15) is 23.2 Å². The zero-order valence-electron chi connectivity index (χ0n) is 22.0. The van der Waals surface area contributed by atoms with Crippen molar-refractivity contribution in [3.05, 3.63) is 125 Å². The van der Waals surface area contributed by atoms with E-state index < -0.39 is 23.7 Å². The first-order chi connectivity index (χ1) is 19.5. The molecule has 0 spiro atoms. The number of carbonyl (C=O) groups is 1. The topological polar surface area (TPSA) is 64.3 Å². The van der Waals surface area contributed by atoms with E-state index in [0.717, 1.165) is 46.2 Å². The Balaban J connectivity index is 1.54. The number of aryl methyl sites for hydroxylation is 1. The Morgan fingerprint density at radius 3 is 2.50 bits per heavy atom. The van der Waals surface area contributed by atoms with Crippen molar-refractivity contribution in [2.75, 3.05) is 12.4 Å². The largest absolute Gasteiger partial charge is 0.497 e. The Labute approximate surface area is 230 Å². The Kier molecular flexibility index (Phi) is 6.55. The van der Waals surface area contributed by atoms with E-state index in [1.165, 1.54) is 6.07 Å². The third kappa shape index (κ3) is 4.39. The highest BCUT2D eigenvalue weighted by atomic mass is 19.1. The number of anilines is 1. The van der Waals surface area contributed by atoms with Crippen LogP contribution in [0.3, 0.4) is 0 Å². The summed E-state index contributed by atoms with van der Waals surface area (Å²) in [4.78, 5) is 15.6. The van der Waals surface area contributed by atoms with E-state index in [2.05, 4.69) is 9.88 Å². The second-order valence-electron chi connectivity index (χ2n) is 9.51. The fourth-order valence-corrected chi connectivity index (χ4v) is 5.26. The van der Waals surface area contributed by atoms with Gasteiger partial charge in [-0.2, -0.15) is 5.10 Å². The number of hydrogen-bond donors (Lipinski definition) is 1. The van der Waals surface area contributed by atoms with Crippen LogP contribution in [0.25, 0.3) is 11.5 Å². The van der Waals surface area contributed by atoms with E-state index in [9.17, 15) is 13.6 Å². The second kappa shape index (κ2) is 10.3. The lowest BCUT2D eigenvalue weighted by atomic mass is 10.0. The van der Waals surface area contributed by atoms with Crippen LogP contribution in [-0.4, -0.2) is 32.4 Å². The van der Waals surface area contributed by atoms with E-state index in [-0.39, 0.29) is 12.2 Å². The van der Waals surface area contributed by atoms with Gasteiger partial charge in [0.25, 0.3) is 0 Å². The number of carbonyl (C=O) groups excluding carboxylic acids is 1. The van der Waals surface area contributed by atoms with Crippen LogP contribution in [0.5, 0.6) is 5.75 Å². The van der Waals surface area contributed by atoms with Crippen LogP contribution in [0.2, 0.25) is 0 Å². The minimum Gasteiger partial charge on any atom is -0.497 e. The minimum atomic E-state index is -0.848. The molecule has 40 heavy (non-hydrogen) atoms. The van der Waals surface area contributed by atoms with Crippen molar-refractivity contribution in [1.29, 1.82) is 0 Å². The first kappa shape index (κ1) is 25.4. The van der Waals surface area contributed by atoms with Crippen molar-refractivity contribution in [3.63, 3.8) is 0 Å². The van der Waals surface area contributed by atoms with E-state index in [1.807, 2.05) is 84.5 Å². The molecule has 0 unspecified atom stereocenters. The molecule has 0 fully saturated rings. The molecule has 3 aromatic carbocycles. The number of urea groups is 1. The van der Waals surface area contributed by atoms with E-state index in [0.29, 0.717) is 12.2 Å². The molecule has 0 radical (unpaired) electrons. The highest BCUT2D eigenvalue weighted by molar-refractivity contribution is 5.90. The average molecular weight is 540 g/mol. The Morgan fingerprint density at radius 2 is 1.80 bits per heavy atom. The van der Waals surface area contributed by atoms with Crippen molar-refractivity contribution in [2.24, 2.45) is 0 Å². The van der Waals surface area contributed by atoms with E-state index in [4.69, 9.17) is 9.84 Å². The first-order valence-electron chi connectivity index (χ1n) is 13.0. The van der Waals surface area contributed by atoms with Crippen LogP contribution in [0.1, 0.15) is 35.5 Å². The molecule has 7 nitrogen and oxygen atoms in total. The van der Waals surface area contributed by atoms with E-state index >= 15 is 0 Å². The lowest BCUT2D eigenvalue weighted by Gasteiger charge is -2.31. The standard InChI is InChI=1S/C31H27F2N5O2/c1-3-26-24-19-37(31(39)34-27-16-13-21(32)18-25(27)33)29(20-11-14-23(40-2)15-12-20)28-10-7-17-36(28)30(24)38(35-26)22-8-5-4-6-9-22/h4-18,29H,3,19H2,1-2H3,(H,34,39)/t29-/m1/s1. The van der Waals surface area contributed by atoms with Crippen LogP contribution < -0.4 is 10.1 Å². The summed E-state index contributed by atoms with van der Waals surface area (Å²) in [7, 11) is 1.60. The molecule has 5 aromatic rings. The first-order valence-corrected chi connectivity index (χ1v) is 13.0. The fraction of sp³-hybridized carbons (Fsp3) is 0.161. The third-order valence-electron chi connectivity index (χ3n) is 7.17. The van der Waals surface area contributed by atoms with Crippen molar-refractivity contribution < 1.29 is 18.3 Å². The minimum absolute atomic E-state index is 0.101. The summed E-state index contributed by atoms with van der Waals surface area (Å²) in [6.07, 6.45) is 2.61. The van der Waals surface area contributed by atoms with Crippen molar-refractivity contribution in [3.8, 4) is 17.3 Å². The average Bonchev–Trinajstić information content (AvgIpc) is 3.56. The number of nitrogens with zero attached hydrogens (tertiary/aromatic N) is 4. The highest BCUT2D eigenvalue weighted by Gasteiger charge is 2.36. The van der Waals surface area contributed by atoms with Crippen LogP contribution in [0.4, 0.5) is 19.3 Å². The molecule has 0 saturated carbocycles. The predicted molar refractivity (Wildman–Crippen MR) is 148 cm³/mol. The summed E-state index contributed by atoms with van der Waals surface area (Å²) in [5, 5.41) is 7.61. The SMILES string of the molecule is CCc1nn(-c2ccccc2)c2c1CN(C(=O)Nc1ccc(F)cc1F)[C@H](c1ccc(OC)cc1)c1cccn1-2. The summed E-state index contributed by atoms with van der Waals surface area (Å²) in [5.41, 5.74) is 4.20. The number of hydrogen-bond acceptors (Lipinski definition) is 3. The van der Waals surface area contributed by atoms with Crippen molar-refractivity contribution in [2.45, 2.75) is 25.9 Å². The quantitative estimate of drug-likeness (QED) is 0.272. The number of halogens is 2. The Morgan fingerprint density at radius 1 is 1.02 bits per heavy atom. The predicted octanol–water partition coefficient (Wildman–Crippen LogP) is 6.65. The van der Waals surface area contributed by atoms with Crippen LogP contribution in [-0.2, 0) is 13.0 Å². The van der Waals surface area contributed by atoms with Gasteiger partial charge in [0.05, 0.1) is 42.5 Å². The van der Waals surface area contributed by atoms with Gasteiger partial charge in [-0.05, 0) is 60.5 Å². The summed E-state index contributed by atoms with van der Waals surface area (Å²) >= 11 is 0. The van der Waals surface area contributed by atoms with Gasteiger partial charge in [0, 0.05) is 17.8 Å². The highest BCUT2D eigenvalue weighted by Crippen LogP contribution is 2.39. The number of nitrogens with one attached hydrogen (secondary N) is 1. The third-order valence-corrected chi connectivity index (χ3v) is 7.17.